The molecule has 0 aromatic carbocycles. The highest BCUT2D eigenvalue weighted by atomic mass is 35.5. The Morgan fingerprint density at radius 1 is 1.67 bits per heavy atom. The quantitative estimate of drug-likeness (QED) is 0.865. The number of rotatable bonds is 5. The van der Waals surface area contributed by atoms with Gasteiger partial charge in [0.2, 0.25) is 0 Å². The summed E-state index contributed by atoms with van der Waals surface area (Å²) in [6.45, 7) is 2.94. The average Bonchev–Trinajstić information content (AvgIpc) is 2.27. The van der Waals surface area contributed by atoms with E-state index in [-0.39, 0.29) is 0 Å². The summed E-state index contributed by atoms with van der Waals surface area (Å²) in [6, 6.07) is 0.318. The fourth-order valence-electron chi connectivity index (χ4n) is 0.897. The summed E-state index contributed by atoms with van der Waals surface area (Å²) in [6.07, 6.45) is 3.59. The smallest absolute Gasteiger partial charge is 0.318 e. The van der Waals surface area contributed by atoms with E-state index in [0.29, 0.717) is 22.1 Å². The second-order valence-corrected chi connectivity index (χ2v) is 4.66. The first kappa shape index (κ1) is 12.4. The lowest BCUT2D eigenvalue weighted by molar-refractivity contribution is 0.380. The van der Waals surface area contributed by atoms with Gasteiger partial charge in [-0.25, -0.2) is 4.98 Å². The van der Waals surface area contributed by atoms with Crippen LogP contribution in [0.1, 0.15) is 6.92 Å². The van der Waals surface area contributed by atoms with E-state index in [1.807, 2.05) is 0 Å². The molecule has 0 radical (unpaired) electrons. The van der Waals surface area contributed by atoms with Crippen molar-refractivity contribution in [2.45, 2.75) is 12.2 Å². The van der Waals surface area contributed by atoms with E-state index >= 15 is 0 Å². The molecule has 0 amide bonds. The van der Waals surface area contributed by atoms with Crippen molar-refractivity contribution in [1.82, 2.24) is 9.97 Å². The number of ether oxygens (including phenoxy) is 1. The highest BCUT2D eigenvalue weighted by molar-refractivity contribution is 7.99. The highest BCUT2D eigenvalue weighted by Crippen LogP contribution is 2.20. The Bertz CT molecular complexity index is 324. The first-order chi connectivity index (χ1) is 7.17. The largest absolute Gasteiger partial charge is 0.467 e. The first-order valence-electron chi connectivity index (χ1n) is 4.50. The number of methoxy groups -OCH3 is 1. The van der Waals surface area contributed by atoms with E-state index in [0.717, 1.165) is 6.54 Å². The molecule has 0 saturated carbocycles. The van der Waals surface area contributed by atoms with Crippen LogP contribution in [-0.4, -0.2) is 35.1 Å². The Labute approximate surface area is 98.8 Å². The number of aromatic nitrogens is 2. The van der Waals surface area contributed by atoms with Crippen molar-refractivity contribution in [3.05, 3.63) is 11.2 Å². The second kappa shape index (κ2) is 6.02. The third-order valence-corrected chi connectivity index (χ3v) is 3.11. The van der Waals surface area contributed by atoms with Crippen LogP contribution < -0.4 is 10.1 Å². The fourth-order valence-corrected chi connectivity index (χ4v) is 1.30. The summed E-state index contributed by atoms with van der Waals surface area (Å²) in [5.41, 5.74) is 0. The predicted octanol–water partition coefficient (Wildman–Crippen LogP) is 2.30. The van der Waals surface area contributed by atoms with Crippen LogP contribution in [0.15, 0.2) is 6.20 Å². The van der Waals surface area contributed by atoms with Gasteiger partial charge in [-0.3, -0.25) is 0 Å². The second-order valence-electron chi connectivity index (χ2n) is 2.98. The molecule has 1 atom stereocenters. The SMILES string of the molecule is COc1ncc(Cl)c(NCC(C)SC)n1. The van der Waals surface area contributed by atoms with Gasteiger partial charge in [0.25, 0.3) is 0 Å². The van der Waals surface area contributed by atoms with Gasteiger partial charge in [-0.2, -0.15) is 16.7 Å². The van der Waals surface area contributed by atoms with Crippen LogP contribution in [0.5, 0.6) is 6.01 Å². The van der Waals surface area contributed by atoms with Crippen molar-refractivity contribution >= 4 is 29.2 Å². The zero-order valence-corrected chi connectivity index (χ0v) is 10.5. The van der Waals surface area contributed by atoms with Gasteiger partial charge in [0.05, 0.1) is 13.3 Å². The molecule has 15 heavy (non-hydrogen) atoms. The number of anilines is 1. The van der Waals surface area contributed by atoms with E-state index in [1.165, 1.54) is 13.3 Å². The Balaban J connectivity index is 2.66. The Morgan fingerprint density at radius 2 is 2.40 bits per heavy atom. The minimum atomic E-state index is 0.318. The molecule has 84 valence electrons. The lowest BCUT2D eigenvalue weighted by Crippen LogP contribution is -2.14. The molecule has 1 unspecified atom stereocenters. The summed E-state index contributed by atoms with van der Waals surface area (Å²) in [5.74, 6) is 0.615. The summed E-state index contributed by atoms with van der Waals surface area (Å²) in [4.78, 5) is 8.01. The minimum Gasteiger partial charge on any atom is -0.467 e. The zero-order chi connectivity index (χ0) is 11.3. The number of hydrogen-bond acceptors (Lipinski definition) is 5. The number of thioether (sulfide) groups is 1. The molecular formula is C9H14ClN3OS. The van der Waals surface area contributed by atoms with Gasteiger partial charge < -0.3 is 10.1 Å². The molecule has 0 aliphatic carbocycles. The molecule has 0 aliphatic rings. The molecular weight excluding hydrogens is 234 g/mol. The van der Waals surface area contributed by atoms with Gasteiger partial charge in [-0.15, -0.1) is 0 Å². The van der Waals surface area contributed by atoms with E-state index in [1.54, 1.807) is 11.8 Å². The average molecular weight is 248 g/mol. The number of hydrogen-bond donors (Lipinski definition) is 1. The van der Waals surface area contributed by atoms with Crippen LogP contribution in [0.3, 0.4) is 0 Å². The molecule has 0 aliphatic heterocycles. The molecule has 1 rings (SSSR count). The molecule has 1 aromatic heterocycles. The fraction of sp³-hybridized carbons (Fsp3) is 0.556. The lowest BCUT2D eigenvalue weighted by atomic mass is 10.4. The van der Waals surface area contributed by atoms with Crippen molar-refractivity contribution in [2.75, 3.05) is 25.2 Å². The van der Waals surface area contributed by atoms with Crippen LogP contribution in [-0.2, 0) is 0 Å². The molecule has 0 spiro atoms. The van der Waals surface area contributed by atoms with Crippen LogP contribution in [0.25, 0.3) is 0 Å². The third-order valence-electron chi connectivity index (χ3n) is 1.86. The van der Waals surface area contributed by atoms with Crippen LogP contribution in [0, 0.1) is 0 Å². The van der Waals surface area contributed by atoms with Crippen LogP contribution in [0.4, 0.5) is 5.82 Å². The van der Waals surface area contributed by atoms with Crippen molar-refractivity contribution < 1.29 is 4.74 Å². The molecule has 1 N–H and O–H groups in total. The van der Waals surface area contributed by atoms with Crippen molar-refractivity contribution in [2.24, 2.45) is 0 Å². The molecule has 0 fully saturated rings. The molecule has 0 bridgehead atoms. The van der Waals surface area contributed by atoms with E-state index < -0.39 is 0 Å². The van der Waals surface area contributed by atoms with Crippen LogP contribution >= 0.6 is 23.4 Å². The third kappa shape index (κ3) is 3.76. The van der Waals surface area contributed by atoms with Crippen molar-refractivity contribution in [3.8, 4) is 6.01 Å². The summed E-state index contributed by atoms with van der Waals surface area (Å²) in [7, 11) is 1.53. The zero-order valence-electron chi connectivity index (χ0n) is 8.95. The lowest BCUT2D eigenvalue weighted by Gasteiger charge is -2.11. The number of halogens is 1. The van der Waals surface area contributed by atoms with Gasteiger partial charge in [0.1, 0.15) is 5.02 Å². The number of nitrogens with one attached hydrogen (secondary N) is 1. The summed E-state index contributed by atoms with van der Waals surface area (Å²) < 4.78 is 4.92. The minimum absolute atomic E-state index is 0.318. The molecule has 0 saturated heterocycles. The monoisotopic (exact) mass is 247 g/mol. The summed E-state index contributed by atoms with van der Waals surface area (Å²) in [5, 5.41) is 4.16. The maximum Gasteiger partial charge on any atom is 0.318 e. The van der Waals surface area contributed by atoms with Crippen molar-refractivity contribution in [3.63, 3.8) is 0 Å². The van der Waals surface area contributed by atoms with E-state index in [9.17, 15) is 0 Å². The molecule has 1 heterocycles. The van der Waals surface area contributed by atoms with Gasteiger partial charge >= 0.3 is 6.01 Å². The molecule has 6 heteroatoms. The maximum absolute atomic E-state index is 5.93. The maximum atomic E-state index is 5.93. The topological polar surface area (TPSA) is 47.0 Å². The van der Waals surface area contributed by atoms with Gasteiger partial charge in [0.15, 0.2) is 5.82 Å². The van der Waals surface area contributed by atoms with E-state index in [4.69, 9.17) is 16.3 Å². The Hall–Kier alpha value is -0.680. The summed E-state index contributed by atoms with van der Waals surface area (Å²) >= 11 is 7.71. The Morgan fingerprint density at radius 3 is 3.00 bits per heavy atom. The highest BCUT2D eigenvalue weighted by Gasteiger charge is 2.06. The van der Waals surface area contributed by atoms with Gasteiger partial charge in [-0.1, -0.05) is 18.5 Å². The number of nitrogens with zero attached hydrogens (tertiary/aromatic N) is 2. The molecule has 1 aromatic rings. The van der Waals surface area contributed by atoms with Crippen LogP contribution in [0.2, 0.25) is 5.02 Å². The normalized spacial score (nSPS) is 12.3. The standard InChI is InChI=1S/C9H14ClN3OS/c1-6(15-3)4-11-8-7(10)5-12-9(13-8)14-2/h5-6H,4H2,1-3H3,(H,11,12,13). The first-order valence-corrected chi connectivity index (χ1v) is 6.17. The van der Waals surface area contributed by atoms with E-state index in [2.05, 4.69) is 28.5 Å². The van der Waals surface area contributed by atoms with Gasteiger partial charge in [-0.05, 0) is 6.26 Å². The Kier molecular flexibility index (Phi) is 4.98. The van der Waals surface area contributed by atoms with Crippen molar-refractivity contribution in [1.29, 1.82) is 0 Å². The predicted molar refractivity (Wildman–Crippen MR) is 65.1 cm³/mol. The van der Waals surface area contributed by atoms with Gasteiger partial charge in [0, 0.05) is 11.8 Å². The molecule has 4 nitrogen and oxygen atoms in total.